The molecule has 0 bridgehead atoms. The SMILES string of the molecule is Cc1cc(C(Cc2ccc(Cl)cc2Cl)NN)ccc1Cl. The summed E-state index contributed by atoms with van der Waals surface area (Å²) in [6.45, 7) is 1.97. The molecule has 2 nitrogen and oxygen atoms in total. The summed E-state index contributed by atoms with van der Waals surface area (Å²) in [6.07, 6.45) is 0.674. The Morgan fingerprint density at radius 3 is 2.40 bits per heavy atom. The summed E-state index contributed by atoms with van der Waals surface area (Å²) >= 11 is 18.1. The van der Waals surface area contributed by atoms with Crippen molar-refractivity contribution < 1.29 is 0 Å². The lowest BCUT2D eigenvalue weighted by Gasteiger charge is -2.18. The molecule has 2 aromatic carbocycles. The van der Waals surface area contributed by atoms with Crippen LogP contribution in [0.1, 0.15) is 22.7 Å². The van der Waals surface area contributed by atoms with Crippen molar-refractivity contribution in [2.75, 3.05) is 0 Å². The Hall–Kier alpha value is -0.770. The van der Waals surface area contributed by atoms with Crippen LogP contribution >= 0.6 is 34.8 Å². The zero-order chi connectivity index (χ0) is 14.7. The molecule has 1 atom stereocenters. The van der Waals surface area contributed by atoms with Gasteiger partial charge in [-0.25, -0.2) is 0 Å². The van der Waals surface area contributed by atoms with Crippen molar-refractivity contribution >= 4 is 34.8 Å². The summed E-state index contributed by atoms with van der Waals surface area (Å²) in [7, 11) is 0. The van der Waals surface area contributed by atoms with Crippen LogP contribution < -0.4 is 11.3 Å². The summed E-state index contributed by atoms with van der Waals surface area (Å²) in [4.78, 5) is 0. The molecule has 0 aliphatic rings. The average Bonchev–Trinajstić information content (AvgIpc) is 2.41. The summed E-state index contributed by atoms with van der Waals surface area (Å²) in [5.74, 6) is 5.67. The molecule has 5 heteroatoms. The highest BCUT2D eigenvalue weighted by Gasteiger charge is 2.13. The van der Waals surface area contributed by atoms with Gasteiger partial charge in [-0.05, 0) is 48.2 Å². The van der Waals surface area contributed by atoms with Crippen LogP contribution in [-0.2, 0) is 6.42 Å². The Morgan fingerprint density at radius 2 is 1.80 bits per heavy atom. The Bertz CT molecular complexity index is 614. The number of hydrogen-bond acceptors (Lipinski definition) is 2. The molecular weight excluding hydrogens is 315 g/mol. The third kappa shape index (κ3) is 3.66. The Kier molecular flexibility index (Phi) is 5.30. The van der Waals surface area contributed by atoms with E-state index in [4.69, 9.17) is 40.6 Å². The Labute approximate surface area is 133 Å². The van der Waals surface area contributed by atoms with Gasteiger partial charge in [-0.3, -0.25) is 11.3 Å². The topological polar surface area (TPSA) is 38.0 Å². The molecule has 106 valence electrons. The fourth-order valence-electron chi connectivity index (χ4n) is 2.06. The van der Waals surface area contributed by atoms with Crippen LogP contribution in [0.2, 0.25) is 15.1 Å². The molecule has 0 aliphatic carbocycles. The molecule has 1 unspecified atom stereocenters. The second-order valence-electron chi connectivity index (χ2n) is 4.67. The highest BCUT2D eigenvalue weighted by molar-refractivity contribution is 6.35. The van der Waals surface area contributed by atoms with Crippen molar-refractivity contribution in [1.29, 1.82) is 0 Å². The predicted molar refractivity (Wildman–Crippen MR) is 86.4 cm³/mol. The molecule has 2 aromatic rings. The van der Waals surface area contributed by atoms with Gasteiger partial charge in [0.1, 0.15) is 0 Å². The van der Waals surface area contributed by atoms with Gasteiger partial charge in [-0.15, -0.1) is 0 Å². The minimum absolute atomic E-state index is 0.0374. The number of aryl methyl sites for hydroxylation is 1. The standard InChI is InChI=1S/C15H15Cl3N2/c1-9-6-11(3-5-13(9)17)15(20-19)7-10-2-4-12(16)8-14(10)18/h2-6,8,15,20H,7,19H2,1H3. The number of hydrazine groups is 1. The molecule has 0 aromatic heterocycles. The van der Waals surface area contributed by atoms with Crippen LogP contribution in [0.5, 0.6) is 0 Å². The van der Waals surface area contributed by atoms with Gasteiger partial charge in [0.15, 0.2) is 0 Å². The van der Waals surface area contributed by atoms with Gasteiger partial charge in [-0.1, -0.05) is 53.0 Å². The smallest absolute Gasteiger partial charge is 0.0500 e. The molecule has 0 saturated heterocycles. The minimum atomic E-state index is -0.0374. The molecule has 20 heavy (non-hydrogen) atoms. The van der Waals surface area contributed by atoms with Gasteiger partial charge in [0.05, 0.1) is 6.04 Å². The second kappa shape index (κ2) is 6.79. The highest BCUT2D eigenvalue weighted by Crippen LogP contribution is 2.27. The van der Waals surface area contributed by atoms with E-state index in [1.807, 2.05) is 37.3 Å². The fraction of sp³-hybridized carbons (Fsp3) is 0.200. The average molecular weight is 330 g/mol. The molecule has 0 heterocycles. The molecule has 0 spiro atoms. The van der Waals surface area contributed by atoms with Gasteiger partial charge in [0, 0.05) is 15.1 Å². The molecular formula is C15H15Cl3N2. The van der Waals surface area contributed by atoms with Crippen LogP contribution in [0, 0.1) is 6.92 Å². The number of hydrogen-bond donors (Lipinski definition) is 2. The van der Waals surface area contributed by atoms with Crippen molar-refractivity contribution in [2.45, 2.75) is 19.4 Å². The number of benzene rings is 2. The zero-order valence-corrected chi connectivity index (χ0v) is 13.2. The maximum Gasteiger partial charge on any atom is 0.0500 e. The minimum Gasteiger partial charge on any atom is -0.271 e. The second-order valence-corrected chi connectivity index (χ2v) is 5.92. The van der Waals surface area contributed by atoms with E-state index in [0.29, 0.717) is 16.5 Å². The van der Waals surface area contributed by atoms with E-state index < -0.39 is 0 Å². The van der Waals surface area contributed by atoms with Crippen LogP contribution in [-0.4, -0.2) is 0 Å². The molecule has 0 radical (unpaired) electrons. The van der Waals surface area contributed by atoms with Crippen LogP contribution in [0.3, 0.4) is 0 Å². The summed E-state index contributed by atoms with van der Waals surface area (Å²) in [5.41, 5.74) is 5.90. The zero-order valence-electron chi connectivity index (χ0n) is 11.0. The van der Waals surface area contributed by atoms with Crippen molar-refractivity contribution in [3.8, 4) is 0 Å². The van der Waals surface area contributed by atoms with Gasteiger partial charge >= 0.3 is 0 Å². The summed E-state index contributed by atoms with van der Waals surface area (Å²) in [5, 5.41) is 2.01. The van der Waals surface area contributed by atoms with Crippen LogP contribution in [0.4, 0.5) is 0 Å². The van der Waals surface area contributed by atoms with Crippen LogP contribution in [0.25, 0.3) is 0 Å². The lowest BCUT2D eigenvalue weighted by molar-refractivity contribution is 0.552. The summed E-state index contributed by atoms with van der Waals surface area (Å²) < 4.78 is 0. The quantitative estimate of drug-likeness (QED) is 0.630. The van der Waals surface area contributed by atoms with Crippen LogP contribution in [0.15, 0.2) is 36.4 Å². The third-order valence-corrected chi connectivity index (χ3v) is 4.24. The largest absolute Gasteiger partial charge is 0.271 e. The number of halogens is 3. The van der Waals surface area contributed by atoms with E-state index >= 15 is 0 Å². The van der Waals surface area contributed by atoms with E-state index in [0.717, 1.165) is 21.7 Å². The monoisotopic (exact) mass is 328 g/mol. The van der Waals surface area contributed by atoms with Gasteiger partial charge in [0.25, 0.3) is 0 Å². The molecule has 0 amide bonds. The van der Waals surface area contributed by atoms with Gasteiger partial charge in [-0.2, -0.15) is 0 Å². The van der Waals surface area contributed by atoms with E-state index in [1.165, 1.54) is 0 Å². The molecule has 2 rings (SSSR count). The van der Waals surface area contributed by atoms with E-state index in [2.05, 4.69) is 5.43 Å². The van der Waals surface area contributed by atoms with Crippen molar-refractivity contribution in [1.82, 2.24) is 5.43 Å². The molecule has 0 aliphatic heterocycles. The number of nitrogens with two attached hydrogens (primary N) is 1. The first-order valence-corrected chi connectivity index (χ1v) is 7.30. The van der Waals surface area contributed by atoms with Crippen molar-refractivity contribution in [2.24, 2.45) is 5.84 Å². The Morgan fingerprint density at radius 1 is 1.05 bits per heavy atom. The van der Waals surface area contributed by atoms with Gasteiger partial charge in [0.2, 0.25) is 0 Å². The molecule has 0 saturated carbocycles. The van der Waals surface area contributed by atoms with Crippen molar-refractivity contribution in [3.05, 3.63) is 68.2 Å². The number of rotatable bonds is 4. The van der Waals surface area contributed by atoms with E-state index in [1.54, 1.807) is 6.07 Å². The predicted octanol–water partition coefficient (Wildman–Crippen LogP) is 4.70. The maximum atomic E-state index is 6.20. The fourth-order valence-corrected chi connectivity index (χ4v) is 2.67. The normalized spacial score (nSPS) is 12.4. The lowest BCUT2D eigenvalue weighted by Crippen LogP contribution is -2.29. The Balaban J connectivity index is 2.26. The first kappa shape index (κ1) is 15.6. The molecule has 3 N–H and O–H groups in total. The first-order valence-electron chi connectivity index (χ1n) is 6.17. The highest BCUT2D eigenvalue weighted by atomic mass is 35.5. The van der Waals surface area contributed by atoms with E-state index in [-0.39, 0.29) is 6.04 Å². The third-order valence-electron chi connectivity index (χ3n) is 3.22. The molecule has 0 fully saturated rings. The summed E-state index contributed by atoms with van der Waals surface area (Å²) in [6, 6.07) is 11.3. The first-order chi connectivity index (χ1) is 9.51. The van der Waals surface area contributed by atoms with Crippen molar-refractivity contribution in [3.63, 3.8) is 0 Å². The van der Waals surface area contributed by atoms with E-state index in [9.17, 15) is 0 Å². The number of nitrogens with one attached hydrogen (secondary N) is 1. The lowest BCUT2D eigenvalue weighted by atomic mass is 9.98. The van der Waals surface area contributed by atoms with Gasteiger partial charge < -0.3 is 0 Å². The maximum absolute atomic E-state index is 6.20.